The second-order valence-electron chi connectivity index (χ2n) is 3.86. The first-order valence-electron chi connectivity index (χ1n) is 4.82. The highest BCUT2D eigenvalue weighted by Crippen LogP contribution is 2.31. The third-order valence-corrected chi connectivity index (χ3v) is 2.81. The smallest absolute Gasteiger partial charge is 0.209 e. The Labute approximate surface area is 87.1 Å². The first-order chi connectivity index (χ1) is 7.14. The molecule has 1 N–H and O–H groups in total. The molecule has 1 amide bonds. The van der Waals surface area contributed by atoms with Crippen molar-refractivity contribution >= 4 is 6.41 Å². The lowest BCUT2D eigenvalue weighted by Crippen LogP contribution is -2.30. The molecule has 1 aliphatic heterocycles. The number of β-amino-alcohol motifs (C(OH)–C–C–N with tert-alkyl or cyclic N) is 1. The van der Waals surface area contributed by atoms with Crippen molar-refractivity contribution in [2.24, 2.45) is 0 Å². The van der Waals surface area contributed by atoms with Gasteiger partial charge in [0.05, 0.1) is 6.54 Å². The summed E-state index contributed by atoms with van der Waals surface area (Å²) in [5.74, 6) is -0.326. The van der Waals surface area contributed by atoms with Crippen molar-refractivity contribution in [2.45, 2.75) is 12.0 Å². The van der Waals surface area contributed by atoms with Gasteiger partial charge >= 0.3 is 0 Å². The maximum Gasteiger partial charge on any atom is 0.209 e. The predicted molar refractivity (Wildman–Crippen MR) is 52.6 cm³/mol. The van der Waals surface area contributed by atoms with Gasteiger partial charge in [0.1, 0.15) is 11.4 Å². The Morgan fingerprint density at radius 1 is 1.40 bits per heavy atom. The van der Waals surface area contributed by atoms with Crippen LogP contribution in [0.3, 0.4) is 0 Å². The van der Waals surface area contributed by atoms with Crippen LogP contribution in [0.1, 0.15) is 12.0 Å². The Morgan fingerprint density at radius 3 is 2.60 bits per heavy atom. The quantitative estimate of drug-likeness (QED) is 0.734. The van der Waals surface area contributed by atoms with Crippen LogP contribution < -0.4 is 0 Å². The van der Waals surface area contributed by atoms with Crippen LogP contribution in [-0.4, -0.2) is 29.5 Å². The van der Waals surface area contributed by atoms with E-state index in [0.717, 1.165) is 6.41 Å². The van der Waals surface area contributed by atoms with Crippen molar-refractivity contribution in [1.82, 2.24) is 4.90 Å². The third-order valence-electron chi connectivity index (χ3n) is 2.81. The zero-order valence-corrected chi connectivity index (χ0v) is 8.19. The van der Waals surface area contributed by atoms with Crippen molar-refractivity contribution in [3.63, 3.8) is 0 Å². The van der Waals surface area contributed by atoms with Gasteiger partial charge in [-0.05, 0) is 24.1 Å². The summed E-state index contributed by atoms with van der Waals surface area (Å²) in [6.07, 6.45) is 1.22. The second kappa shape index (κ2) is 3.62. The lowest BCUT2D eigenvalue weighted by Gasteiger charge is -2.22. The molecule has 0 bridgehead atoms. The molecule has 1 heterocycles. The molecule has 0 radical (unpaired) electrons. The molecule has 0 aliphatic carbocycles. The summed E-state index contributed by atoms with van der Waals surface area (Å²) in [7, 11) is 0. The average Bonchev–Trinajstić information content (AvgIpc) is 2.62. The number of benzene rings is 1. The van der Waals surface area contributed by atoms with Gasteiger partial charge in [-0.1, -0.05) is 12.1 Å². The van der Waals surface area contributed by atoms with Crippen molar-refractivity contribution in [1.29, 1.82) is 0 Å². The number of rotatable bonds is 2. The molecular formula is C11H12FNO2. The van der Waals surface area contributed by atoms with Crippen LogP contribution >= 0.6 is 0 Å². The molecule has 1 aliphatic rings. The molecule has 1 unspecified atom stereocenters. The molecule has 1 atom stereocenters. The number of hydrogen-bond acceptors (Lipinski definition) is 2. The Kier molecular flexibility index (Phi) is 2.44. The second-order valence-corrected chi connectivity index (χ2v) is 3.86. The number of halogens is 1. The summed E-state index contributed by atoms with van der Waals surface area (Å²) in [6, 6.07) is 5.75. The van der Waals surface area contributed by atoms with Crippen LogP contribution in [-0.2, 0) is 10.4 Å². The van der Waals surface area contributed by atoms with E-state index in [0.29, 0.717) is 18.5 Å². The lowest BCUT2D eigenvalue weighted by molar-refractivity contribution is -0.118. The molecule has 0 spiro atoms. The fraction of sp³-hybridized carbons (Fsp3) is 0.364. The van der Waals surface area contributed by atoms with E-state index in [1.807, 2.05) is 0 Å². The molecule has 1 aromatic rings. The Bertz CT molecular complexity index is 365. The van der Waals surface area contributed by atoms with E-state index in [1.165, 1.54) is 17.0 Å². The third kappa shape index (κ3) is 1.85. The zero-order chi connectivity index (χ0) is 10.9. The molecule has 1 saturated heterocycles. The molecule has 2 rings (SSSR count). The minimum absolute atomic E-state index is 0.280. The van der Waals surface area contributed by atoms with Crippen LogP contribution in [0, 0.1) is 5.82 Å². The van der Waals surface area contributed by atoms with Gasteiger partial charge in [-0.15, -0.1) is 0 Å². The van der Waals surface area contributed by atoms with Gasteiger partial charge in [0.2, 0.25) is 6.41 Å². The van der Waals surface area contributed by atoms with E-state index in [1.54, 1.807) is 12.1 Å². The highest BCUT2D eigenvalue weighted by atomic mass is 19.1. The van der Waals surface area contributed by atoms with Gasteiger partial charge < -0.3 is 10.0 Å². The van der Waals surface area contributed by atoms with Crippen LogP contribution in [0.15, 0.2) is 24.3 Å². The van der Waals surface area contributed by atoms with Crippen molar-refractivity contribution in [3.05, 3.63) is 35.6 Å². The topological polar surface area (TPSA) is 40.5 Å². The van der Waals surface area contributed by atoms with Gasteiger partial charge in [0.15, 0.2) is 0 Å². The van der Waals surface area contributed by atoms with E-state index in [-0.39, 0.29) is 12.4 Å². The molecule has 15 heavy (non-hydrogen) atoms. The highest BCUT2D eigenvalue weighted by Gasteiger charge is 2.36. The standard InChI is InChI=1S/C11H12FNO2/c12-10-3-1-9(2-4-10)11(15)5-6-13(7-11)8-14/h1-4,8,15H,5-7H2. The summed E-state index contributed by atoms with van der Waals surface area (Å²) in [5, 5.41) is 10.2. The summed E-state index contributed by atoms with van der Waals surface area (Å²) in [6.45, 7) is 0.819. The van der Waals surface area contributed by atoms with Crippen LogP contribution in [0.4, 0.5) is 4.39 Å². The van der Waals surface area contributed by atoms with E-state index < -0.39 is 5.60 Å². The number of carbonyl (C=O) groups excluding carboxylic acids is 1. The fourth-order valence-electron chi connectivity index (χ4n) is 1.91. The largest absolute Gasteiger partial charge is 0.383 e. The Hall–Kier alpha value is -1.42. The van der Waals surface area contributed by atoms with Gasteiger partial charge in [-0.3, -0.25) is 4.79 Å². The lowest BCUT2D eigenvalue weighted by atomic mass is 9.93. The van der Waals surface area contributed by atoms with Crippen LogP contribution in [0.2, 0.25) is 0 Å². The van der Waals surface area contributed by atoms with Crippen molar-refractivity contribution in [2.75, 3.05) is 13.1 Å². The molecule has 1 fully saturated rings. The van der Waals surface area contributed by atoms with E-state index in [2.05, 4.69) is 0 Å². The number of carbonyl (C=O) groups is 1. The van der Waals surface area contributed by atoms with Crippen molar-refractivity contribution < 1.29 is 14.3 Å². The predicted octanol–water partition coefficient (Wildman–Crippen LogP) is 0.875. The molecular weight excluding hydrogens is 197 g/mol. The molecule has 0 saturated carbocycles. The maximum atomic E-state index is 12.7. The summed E-state index contributed by atoms with van der Waals surface area (Å²) in [4.78, 5) is 12.1. The molecule has 3 nitrogen and oxygen atoms in total. The van der Waals surface area contributed by atoms with Gasteiger partial charge in [0, 0.05) is 6.54 Å². The average molecular weight is 209 g/mol. The van der Waals surface area contributed by atoms with Gasteiger partial charge in [-0.2, -0.15) is 0 Å². The van der Waals surface area contributed by atoms with E-state index in [4.69, 9.17) is 0 Å². The normalized spacial score (nSPS) is 25.6. The Balaban J connectivity index is 2.23. The summed E-state index contributed by atoms with van der Waals surface area (Å²) in [5.41, 5.74) is -0.359. The van der Waals surface area contributed by atoms with Crippen molar-refractivity contribution in [3.8, 4) is 0 Å². The number of hydrogen-bond donors (Lipinski definition) is 1. The maximum absolute atomic E-state index is 12.7. The van der Waals surface area contributed by atoms with E-state index in [9.17, 15) is 14.3 Å². The fourth-order valence-corrected chi connectivity index (χ4v) is 1.91. The van der Waals surface area contributed by atoms with Crippen LogP contribution in [0.5, 0.6) is 0 Å². The first kappa shape index (κ1) is 10.1. The molecule has 4 heteroatoms. The minimum Gasteiger partial charge on any atom is -0.383 e. The van der Waals surface area contributed by atoms with Gasteiger partial charge in [-0.25, -0.2) is 4.39 Å². The van der Waals surface area contributed by atoms with Gasteiger partial charge in [0.25, 0.3) is 0 Å². The monoisotopic (exact) mass is 209 g/mol. The number of aliphatic hydroxyl groups is 1. The number of likely N-dealkylation sites (tertiary alicyclic amines) is 1. The van der Waals surface area contributed by atoms with E-state index >= 15 is 0 Å². The first-order valence-corrected chi connectivity index (χ1v) is 4.82. The van der Waals surface area contributed by atoms with Crippen LogP contribution in [0.25, 0.3) is 0 Å². The SMILES string of the molecule is O=CN1CCC(O)(c2ccc(F)cc2)C1. The Morgan fingerprint density at radius 2 is 2.07 bits per heavy atom. The summed E-state index contributed by atoms with van der Waals surface area (Å²) >= 11 is 0. The minimum atomic E-state index is -1.02. The molecule has 80 valence electrons. The highest BCUT2D eigenvalue weighted by molar-refractivity contribution is 5.48. The number of nitrogens with zero attached hydrogens (tertiary/aromatic N) is 1. The molecule has 1 aromatic carbocycles. The summed E-state index contributed by atoms with van der Waals surface area (Å²) < 4.78 is 12.7. The molecule has 0 aromatic heterocycles. The zero-order valence-electron chi connectivity index (χ0n) is 8.19. The number of amides is 1.